The maximum atomic E-state index is 12.0. The third-order valence-corrected chi connectivity index (χ3v) is 4.59. The number of aryl methyl sites for hydroxylation is 1. The van der Waals surface area contributed by atoms with Gasteiger partial charge >= 0.3 is 0 Å². The summed E-state index contributed by atoms with van der Waals surface area (Å²) in [5.74, 6) is 0.141. The van der Waals surface area contributed by atoms with E-state index >= 15 is 0 Å². The van der Waals surface area contributed by atoms with Crippen LogP contribution in [-0.2, 0) is 11.3 Å². The fourth-order valence-corrected chi connectivity index (χ4v) is 2.91. The predicted molar refractivity (Wildman–Crippen MR) is 100 cm³/mol. The summed E-state index contributed by atoms with van der Waals surface area (Å²) in [5.41, 5.74) is 2.56. The van der Waals surface area contributed by atoms with Crippen molar-refractivity contribution in [2.24, 2.45) is 0 Å². The van der Waals surface area contributed by atoms with Crippen LogP contribution < -0.4 is 5.32 Å². The zero-order valence-corrected chi connectivity index (χ0v) is 15.2. The van der Waals surface area contributed by atoms with Crippen LogP contribution in [0.2, 0.25) is 0 Å². The highest BCUT2D eigenvalue weighted by Gasteiger charge is 2.14. The lowest BCUT2D eigenvalue weighted by molar-refractivity contribution is -0.384. The van der Waals surface area contributed by atoms with Crippen molar-refractivity contribution in [3.05, 3.63) is 69.8 Å². The van der Waals surface area contributed by atoms with Gasteiger partial charge < -0.3 is 9.73 Å². The quantitative estimate of drug-likeness (QED) is 0.378. The van der Waals surface area contributed by atoms with E-state index in [1.807, 2.05) is 31.2 Å². The van der Waals surface area contributed by atoms with E-state index in [2.05, 4.69) is 15.5 Å². The zero-order valence-electron chi connectivity index (χ0n) is 14.4. The van der Waals surface area contributed by atoms with Crippen LogP contribution in [0.1, 0.15) is 11.1 Å². The van der Waals surface area contributed by atoms with Gasteiger partial charge in [0.25, 0.3) is 10.9 Å². The van der Waals surface area contributed by atoms with E-state index in [0.29, 0.717) is 12.1 Å². The van der Waals surface area contributed by atoms with Crippen LogP contribution in [0.4, 0.5) is 5.69 Å². The van der Waals surface area contributed by atoms with Gasteiger partial charge in [0, 0.05) is 24.2 Å². The summed E-state index contributed by atoms with van der Waals surface area (Å²) in [4.78, 5) is 22.4. The third-order valence-electron chi connectivity index (χ3n) is 3.77. The van der Waals surface area contributed by atoms with Gasteiger partial charge in [-0.1, -0.05) is 42.1 Å². The van der Waals surface area contributed by atoms with Crippen LogP contribution in [0.15, 0.2) is 58.2 Å². The van der Waals surface area contributed by atoms with Crippen molar-refractivity contribution in [3.8, 4) is 11.5 Å². The number of nitrogens with one attached hydrogen (secondary N) is 1. The van der Waals surface area contributed by atoms with E-state index in [4.69, 9.17) is 4.42 Å². The molecule has 138 valence electrons. The van der Waals surface area contributed by atoms with Gasteiger partial charge in [0.15, 0.2) is 0 Å². The fraction of sp³-hybridized carbons (Fsp3) is 0.167. The van der Waals surface area contributed by atoms with Crippen LogP contribution in [0.3, 0.4) is 0 Å². The highest BCUT2D eigenvalue weighted by Crippen LogP contribution is 2.25. The van der Waals surface area contributed by atoms with Crippen molar-refractivity contribution in [1.29, 1.82) is 0 Å². The molecule has 1 heterocycles. The maximum Gasteiger partial charge on any atom is 0.277 e. The van der Waals surface area contributed by atoms with Gasteiger partial charge in [-0.2, -0.15) is 0 Å². The summed E-state index contributed by atoms with van der Waals surface area (Å²) in [6.07, 6.45) is 0. The second-order valence-electron chi connectivity index (χ2n) is 5.67. The van der Waals surface area contributed by atoms with Crippen LogP contribution >= 0.6 is 11.8 Å². The highest BCUT2D eigenvalue weighted by atomic mass is 32.2. The van der Waals surface area contributed by atoms with Gasteiger partial charge in [0.2, 0.25) is 11.8 Å². The summed E-state index contributed by atoms with van der Waals surface area (Å²) in [7, 11) is 0. The topological polar surface area (TPSA) is 111 Å². The minimum absolute atomic E-state index is 0.0597. The van der Waals surface area contributed by atoms with Gasteiger partial charge in [-0.25, -0.2) is 0 Å². The summed E-state index contributed by atoms with van der Waals surface area (Å²) >= 11 is 1.11. The number of thioether (sulfide) groups is 1. The smallest absolute Gasteiger partial charge is 0.277 e. The van der Waals surface area contributed by atoms with E-state index < -0.39 is 4.92 Å². The Labute approximate surface area is 159 Å². The Morgan fingerprint density at radius 2 is 2.04 bits per heavy atom. The lowest BCUT2D eigenvalue weighted by Gasteiger charge is -2.06. The number of carbonyl (C=O) groups is 1. The van der Waals surface area contributed by atoms with Gasteiger partial charge in [-0.05, 0) is 24.1 Å². The molecule has 0 radical (unpaired) electrons. The van der Waals surface area contributed by atoms with Crippen molar-refractivity contribution in [3.63, 3.8) is 0 Å². The first-order valence-corrected chi connectivity index (χ1v) is 9.04. The Morgan fingerprint density at radius 3 is 2.81 bits per heavy atom. The van der Waals surface area contributed by atoms with Crippen LogP contribution in [0.5, 0.6) is 0 Å². The molecular formula is C18H16N4O4S. The Bertz CT molecular complexity index is 973. The van der Waals surface area contributed by atoms with Crippen molar-refractivity contribution in [2.45, 2.75) is 18.7 Å². The number of nitrogens with zero attached hydrogens (tertiary/aromatic N) is 3. The number of amides is 1. The number of nitro groups is 1. The first-order chi connectivity index (χ1) is 13.0. The molecule has 3 aromatic rings. The van der Waals surface area contributed by atoms with E-state index in [-0.39, 0.29) is 28.5 Å². The fourth-order valence-electron chi connectivity index (χ4n) is 2.32. The first kappa shape index (κ1) is 18.6. The molecule has 27 heavy (non-hydrogen) atoms. The summed E-state index contributed by atoms with van der Waals surface area (Å²) in [6, 6.07) is 13.8. The number of benzene rings is 2. The van der Waals surface area contributed by atoms with Crippen molar-refractivity contribution in [2.75, 3.05) is 5.75 Å². The third kappa shape index (κ3) is 4.91. The molecule has 9 heteroatoms. The second kappa shape index (κ2) is 8.45. The van der Waals surface area contributed by atoms with Crippen molar-refractivity contribution >= 4 is 23.4 Å². The standard InChI is InChI=1S/C18H16N4O4S/c1-12-5-2-3-6-14(12)10-19-16(23)11-27-18-21-20-17(26-18)13-7-4-8-15(9-13)22(24)25/h2-9H,10-11H2,1H3,(H,19,23). The molecule has 0 unspecified atom stereocenters. The monoisotopic (exact) mass is 384 g/mol. The summed E-state index contributed by atoms with van der Waals surface area (Å²) in [6.45, 7) is 2.44. The molecule has 8 nitrogen and oxygen atoms in total. The molecule has 1 amide bonds. The van der Waals surface area contributed by atoms with Gasteiger partial charge in [-0.15, -0.1) is 10.2 Å². The predicted octanol–water partition coefficient (Wildman–Crippen LogP) is 3.36. The van der Waals surface area contributed by atoms with Crippen molar-refractivity contribution < 1.29 is 14.1 Å². The Kier molecular flexibility index (Phi) is 5.82. The minimum atomic E-state index is -0.492. The first-order valence-electron chi connectivity index (χ1n) is 8.05. The molecule has 0 aliphatic carbocycles. The number of hydrogen-bond acceptors (Lipinski definition) is 7. The second-order valence-corrected chi connectivity index (χ2v) is 6.60. The van der Waals surface area contributed by atoms with E-state index in [1.54, 1.807) is 12.1 Å². The molecule has 2 aromatic carbocycles. The Morgan fingerprint density at radius 1 is 1.22 bits per heavy atom. The van der Waals surface area contributed by atoms with Gasteiger partial charge in [0.05, 0.1) is 10.7 Å². The molecule has 0 fully saturated rings. The lowest BCUT2D eigenvalue weighted by atomic mass is 10.1. The largest absolute Gasteiger partial charge is 0.411 e. The molecule has 0 atom stereocenters. The van der Waals surface area contributed by atoms with Gasteiger partial charge in [0.1, 0.15) is 0 Å². The van der Waals surface area contributed by atoms with Crippen LogP contribution in [0, 0.1) is 17.0 Å². The molecule has 0 saturated heterocycles. The summed E-state index contributed by atoms with van der Waals surface area (Å²) < 4.78 is 5.47. The average molecular weight is 384 g/mol. The normalized spacial score (nSPS) is 10.6. The van der Waals surface area contributed by atoms with Crippen LogP contribution in [-0.4, -0.2) is 26.8 Å². The van der Waals surface area contributed by atoms with Crippen molar-refractivity contribution in [1.82, 2.24) is 15.5 Å². The Hall–Kier alpha value is -3.20. The van der Waals surface area contributed by atoms with Crippen LogP contribution in [0.25, 0.3) is 11.5 Å². The lowest BCUT2D eigenvalue weighted by Crippen LogP contribution is -2.24. The molecule has 1 N–H and O–H groups in total. The molecule has 3 rings (SSSR count). The number of aromatic nitrogens is 2. The maximum absolute atomic E-state index is 12.0. The minimum Gasteiger partial charge on any atom is -0.411 e. The number of hydrogen-bond donors (Lipinski definition) is 1. The van der Waals surface area contributed by atoms with Gasteiger partial charge in [-0.3, -0.25) is 14.9 Å². The number of nitro benzene ring substituents is 1. The number of rotatable bonds is 7. The zero-order chi connectivity index (χ0) is 19.2. The summed E-state index contributed by atoms with van der Waals surface area (Å²) in [5, 5.41) is 21.7. The number of non-ortho nitro benzene ring substituents is 1. The number of carbonyl (C=O) groups excluding carboxylic acids is 1. The molecular weight excluding hydrogens is 368 g/mol. The van der Waals surface area contributed by atoms with E-state index in [1.165, 1.54) is 12.1 Å². The highest BCUT2D eigenvalue weighted by molar-refractivity contribution is 7.99. The average Bonchev–Trinajstić information content (AvgIpc) is 3.15. The molecule has 0 spiro atoms. The molecule has 1 aromatic heterocycles. The molecule has 0 saturated carbocycles. The molecule has 0 aliphatic heterocycles. The Balaban J connectivity index is 1.55. The molecule has 0 bridgehead atoms. The van der Waals surface area contributed by atoms with E-state index in [0.717, 1.165) is 22.9 Å². The SMILES string of the molecule is Cc1ccccc1CNC(=O)CSc1nnc(-c2cccc([N+](=O)[O-])c2)o1. The molecule has 0 aliphatic rings. The van der Waals surface area contributed by atoms with E-state index in [9.17, 15) is 14.9 Å².